The van der Waals surface area contributed by atoms with Gasteiger partial charge in [0.05, 0.1) is 10.3 Å². The zero-order chi connectivity index (χ0) is 23.5. The van der Waals surface area contributed by atoms with Crippen LogP contribution in [-0.2, 0) is 19.5 Å². The second kappa shape index (κ2) is 9.91. The van der Waals surface area contributed by atoms with Gasteiger partial charge in [0.25, 0.3) is 11.5 Å². The minimum absolute atomic E-state index is 0.175. The summed E-state index contributed by atoms with van der Waals surface area (Å²) in [5.74, 6) is 0.427. The summed E-state index contributed by atoms with van der Waals surface area (Å²) in [5.41, 5.74) is 3.91. The normalized spacial score (nSPS) is 14.0. The standard InChI is InChI=1S/C27H28N4O2S/c1-18-23-25(32)29-22(15-19-7-3-2-4-8-19)30-27(23)34-24(18)26(33)28-16-20-9-11-21(12-10-20)17-31-13-5-6-14-31/h2-4,7-12H,5-6,13-17H2,1H3,(H,28,33)(H,29,30,32). The summed E-state index contributed by atoms with van der Waals surface area (Å²) in [4.78, 5) is 36.8. The van der Waals surface area contributed by atoms with Crippen LogP contribution in [0.2, 0.25) is 0 Å². The molecule has 174 valence electrons. The fourth-order valence-corrected chi connectivity index (χ4v) is 5.62. The van der Waals surface area contributed by atoms with Crippen LogP contribution in [0.15, 0.2) is 59.4 Å². The largest absolute Gasteiger partial charge is 0.347 e. The van der Waals surface area contributed by atoms with Crippen molar-refractivity contribution in [1.29, 1.82) is 0 Å². The molecular weight excluding hydrogens is 444 g/mol. The first-order valence-corrected chi connectivity index (χ1v) is 12.5. The van der Waals surface area contributed by atoms with Gasteiger partial charge in [-0.1, -0.05) is 54.6 Å². The van der Waals surface area contributed by atoms with Crippen LogP contribution >= 0.6 is 11.3 Å². The van der Waals surface area contributed by atoms with Gasteiger partial charge in [-0.3, -0.25) is 14.5 Å². The van der Waals surface area contributed by atoms with Crippen LogP contribution < -0.4 is 10.9 Å². The summed E-state index contributed by atoms with van der Waals surface area (Å²) in [6.07, 6.45) is 3.12. The van der Waals surface area contributed by atoms with Crippen molar-refractivity contribution in [1.82, 2.24) is 20.2 Å². The Labute approximate surface area is 202 Å². The predicted molar refractivity (Wildman–Crippen MR) is 136 cm³/mol. The Morgan fingerprint density at radius 3 is 2.47 bits per heavy atom. The molecule has 0 bridgehead atoms. The number of nitrogens with one attached hydrogen (secondary N) is 2. The number of hydrogen-bond donors (Lipinski definition) is 2. The van der Waals surface area contributed by atoms with E-state index in [2.05, 4.69) is 44.5 Å². The maximum absolute atomic E-state index is 12.9. The maximum Gasteiger partial charge on any atom is 0.261 e. The van der Waals surface area contributed by atoms with Gasteiger partial charge < -0.3 is 10.3 Å². The molecule has 1 aliphatic heterocycles. The van der Waals surface area contributed by atoms with Crippen LogP contribution in [0.25, 0.3) is 10.2 Å². The van der Waals surface area contributed by atoms with Crippen LogP contribution in [0, 0.1) is 6.92 Å². The topological polar surface area (TPSA) is 78.1 Å². The molecule has 1 fully saturated rings. The highest BCUT2D eigenvalue weighted by Crippen LogP contribution is 2.27. The van der Waals surface area contributed by atoms with E-state index in [0.717, 1.165) is 17.7 Å². The van der Waals surface area contributed by atoms with Crippen molar-refractivity contribution in [3.63, 3.8) is 0 Å². The fourth-order valence-electron chi connectivity index (χ4n) is 4.50. The molecule has 2 aromatic carbocycles. The lowest BCUT2D eigenvalue weighted by molar-refractivity contribution is 0.0954. The van der Waals surface area contributed by atoms with Crippen molar-refractivity contribution in [2.45, 2.75) is 39.3 Å². The smallest absolute Gasteiger partial charge is 0.261 e. The molecule has 0 spiro atoms. The van der Waals surface area contributed by atoms with Crippen molar-refractivity contribution < 1.29 is 4.79 Å². The molecule has 1 aliphatic rings. The number of carbonyl (C=O) groups is 1. The monoisotopic (exact) mass is 472 g/mol. The lowest BCUT2D eigenvalue weighted by Gasteiger charge is -2.14. The highest BCUT2D eigenvalue weighted by Gasteiger charge is 2.19. The molecule has 3 heterocycles. The summed E-state index contributed by atoms with van der Waals surface area (Å²) < 4.78 is 0. The number of aromatic amines is 1. The Morgan fingerprint density at radius 1 is 1.03 bits per heavy atom. The van der Waals surface area contributed by atoms with Crippen LogP contribution in [0.5, 0.6) is 0 Å². The molecule has 6 nitrogen and oxygen atoms in total. The highest BCUT2D eigenvalue weighted by atomic mass is 32.1. The number of amides is 1. The van der Waals surface area contributed by atoms with E-state index in [0.29, 0.717) is 39.4 Å². The average Bonchev–Trinajstić information content (AvgIpc) is 3.47. The average molecular weight is 473 g/mol. The summed E-state index contributed by atoms with van der Waals surface area (Å²) in [7, 11) is 0. The molecule has 2 N–H and O–H groups in total. The molecule has 1 amide bonds. The number of aromatic nitrogens is 2. The van der Waals surface area contributed by atoms with Crippen molar-refractivity contribution in [3.8, 4) is 0 Å². The molecule has 1 saturated heterocycles. The van der Waals surface area contributed by atoms with E-state index >= 15 is 0 Å². The van der Waals surface area contributed by atoms with E-state index in [-0.39, 0.29) is 11.5 Å². The zero-order valence-electron chi connectivity index (χ0n) is 19.3. The number of aryl methyl sites for hydroxylation is 1. The third-order valence-electron chi connectivity index (χ3n) is 6.35. The summed E-state index contributed by atoms with van der Waals surface area (Å²) in [5, 5.41) is 3.50. The first kappa shape index (κ1) is 22.5. The van der Waals surface area contributed by atoms with Gasteiger partial charge >= 0.3 is 0 Å². The fraction of sp³-hybridized carbons (Fsp3) is 0.296. The molecule has 0 atom stereocenters. The van der Waals surface area contributed by atoms with Crippen molar-refractivity contribution >= 4 is 27.5 Å². The number of nitrogens with zero attached hydrogens (tertiary/aromatic N) is 2. The minimum atomic E-state index is -0.197. The Kier molecular flexibility index (Phi) is 6.56. The first-order chi connectivity index (χ1) is 16.6. The van der Waals surface area contributed by atoms with Gasteiger partial charge in [-0.25, -0.2) is 4.98 Å². The SMILES string of the molecule is Cc1c(C(=O)NCc2ccc(CN3CCCC3)cc2)sc2nc(Cc3ccccc3)[nH]c(=O)c12. The Bertz CT molecular complexity index is 1350. The lowest BCUT2D eigenvalue weighted by atomic mass is 10.1. The molecule has 5 rings (SSSR count). The molecule has 0 aliphatic carbocycles. The molecular formula is C27H28N4O2S. The van der Waals surface area contributed by atoms with Crippen LogP contribution in [0.1, 0.15) is 50.6 Å². The minimum Gasteiger partial charge on any atom is -0.347 e. The Balaban J connectivity index is 1.27. The zero-order valence-corrected chi connectivity index (χ0v) is 20.1. The number of benzene rings is 2. The second-order valence-electron chi connectivity index (χ2n) is 8.89. The second-order valence-corrected chi connectivity index (χ2v) is 9.89. The number of thiophene rings is 1. The van der Waals surface area contributed by atoms with Crippen molar-refractivity contribution in [2.24, 2.45) is 0 Å². The van der Waals surface area contributed by atoms with E-state index < -0.39 is 0 Å². The summed E-state index contributed by atoms with van der Waals surface area (Å²) in [6, 6.07) is 18.3. The first-order valence-electron chi connectivity index (χ1n) is 11.7. The summed E-state index contributed by atoms with van der Waals surface area (Å²) in [6.45, 7) is 5.60. The maximum atomic E-state index is 12.9. The van der Waals surface area contributed by atoms with Crippen LogP contribution in [0.4, 0.5) is 0 Å². The van der Waals surface area contributed by atoms with Gasteiger partial charge in [-0.15, -0.1) is 11.3 Å². The van der Waals surface area contributed by atoms with Crippen molar-refractivity contribution in [2.75, 3.05) is 13.1 Å². The molecule has 7 heteroatoms. The number of H-pyrrole nitrogens is 1. The number of carbonyl (C=O) groups excluding carboxylic acids is 1. The van der Waals surface area contributed by atoms with E-state index in [1.165, 1.54) is 42.8 Å². The van der Waals surface area contributed by atoms with Crippen LogP contribution in [0.3, 0.4) is 0 Å². The van der Waals surface area contributed by atoms with Gasteiger partial charge in [-0.05, 0) is 55.1 Å². The van der Waals surface area contributed by atoms with E-state index in [1.54, 1.807) is 0 Å². The summed E-state index contributed by atoms with van der Waals surface area (Å²) >= 11 is 1.28. The molecule has 0 saturated carbocycles. The van der Waals surface area contributed by atoms with E-state index in [9.17, 15) is 9.59 Å². The highest BCUT2D eigenvalue weighted by molar-refractivity contribution is 7.20. The van der Waals surface area contributed by atoms with Gasteiger partial charge in [0, 0.05) is 19.5 Å². The number of hydrogen-bond acceptors (Lipinski definition) is 5. The third kappa shape index (κ3) is 4.95. The molecule has 0 radical (unpaired) electrons. The van der Waals surface area contributed by atoms with Gasteiger partial charge in [-0.2, -0.15) is 0 Å². The molecule has 0 unspecified atom stereocenters. The molecule has 2 aromatic heterocycles. The lowest BCUT2D eigenvalue weighted by Crippen LogP contribution is -2.22. The van der Waals surface area contributed by atoms with Gasteiger partial charge in [0.1, 0.15) is 10.7 Å². The number of rotatable bonds is 7. The van der Waals surface area contributed by atoms with E-state index in [4.69, 9.17) is 0 Å². The Morgan fingerprint density at radius 2 is 1.74 bits per heavy atom. The van der Waals surface area contributed by atoms with Gasteiger partial charge in [0.2, 0.25) is 0 Å². The van der Waals surface area contributed by atoms with Crippen molar-refractivity contribution in [3.05, 3.63) is 97.9 Å². The van der Waals surface area contributed by atoms with E-state index in [1.807, 2.05) is 37.3 Å². The number of fused-ring (bicyclic) bond motifs is 1. The number of likely N-dealkylation sites (tertiary alicyclic amines) is 1. The van der Waals surface area contributed by atoms with Gasteiger partial charge in [0.15, 0.2) is 0 Å². The van der Waals surface area contributed by atoms with Crippen LogP contribution in [-0.4, -0.2) is 33.9 Å². The quantitative estimate of drug-likeness (QED) is 0.418. The predicted octanol–water partition coefficient (Wildman–Crippen LogP) is 4.41. The Hall–Kier alpha value is -3.29. The molecule has 34 heavy (non-hydrogen) atoms. The molecule has 4 aromatic rings. The third-order valence-corrected chi connectivity index (χ3v) is 7.54.